The van der Waals surface area contributed by atoms with Crippen LogP contribution in [0.3, 0.4) is 0 Å². The number of benzene rings is 1. The van der Waals surface area contributed by atoms with Gasteiger partial charge < -0.3 is 19.9 Å². The van der Waals surface area contributed by atoms with Crippen molar-refractivity contribution >= 4 is 23.2 Å². The van der Waals surface area contributed by atoms with Crippen molar-refractivity contribution in [3.63, 3.8) is 0 Å². The van der Waals surface area contributed by atoms with E-state index in [4.69, 9.17) is 4.74 Å². The van der Waals surface area contributed by atoms with Crippen LogP contribution in [0.4, 0.5) is 11.4 Å². The molecule has 3 rings (SSSR count). The van der Waals surface area contributed by atoms with Gasteiger partial charge in [-0.25, -0.2) is 0 Å². The molecule has 2 aliphatic rings. The second-order valence-corrected chi connectivity index (χ2v) is 7.09. The quantitative estimate of drug-likeness (QED) is 0.782. The number of hydrogen-bond donors (Lipinski definition) is 1. The Labute approximate surface area is 161 Å². The fourth-order valence-corrected chi connectivity index (χ4v) is 3.52. The summed E-state index contributed by atoms with van der Waals surface area (Å²) in [5, 5.41) is 2.93. The molecular weight excluding hydrogens is 344 g/mol. The highest BCUT2D eigenvalue weighted by molar-refractivity contribution is 5.92. The monoisotopic (exact) mass is 374 g/mol. The summed E-state index contributed by atoms with van der Waals surface area (Å²) in [6, 6.07) is 7.90. The van der Waals surface area contributed by atoms with Crippen LogP contribution in [0.5, 0.6) is 0 Å². The number of amides is 2. The van der Waals surface area contributed by atoms with E-state index in [1.165, 1.54) is 0 Å². The number of ether oxygens (including phenoxy) is 1. The molecule has 27 heavy (non-hydrogen) atoms. The molecule has 0 atom stereocenters. The smallest absolute Gasteiger partial charge is 0.238 e. The van der Waals surface area contributed by atoms with E-state index < -0.39 is 0 Å². The van der Waals surface area contributed by atoms with Gasteiger partial charge in [-0.1, -0.05) is 6.92 Å². The topological polar surface area (TPSA) is 65.1 Å². The van der Waals surface area contributed by atoms with E-state index in [-0.39, 0.29) is 18.4 Å². The summed E-state index contributed by atoms with van der Waals surface area (Å²) >= 11 is 0. The lowest BCUT2D eigenvalue weighted by atomic mass is 10.2. The SMILES string of the molecule is CCN(CC(=O)Nc1ccc(N2CCOCC2)cc1)CC(=O)N1CCCC1. The molecule has 2 aliphatic heterocycles. The van der Waals surface area contributed by atoms with Crippen LogP contribution in [0.25, 0.3) is 0 Å². The zero-order valence-corrected chi connectivity index (χ0v) is 16.2. The van der Waals surface area contributed by atoms with E-state index in [0.717, 1.165) is 63.6 Å². The Bertz CT molecular complexity index is 623. The van der Waals surface area contributed by atoms with Gasteiger partial charge in [-0.05, 0) is 43.7 Å². The number of anilines is 2. The minimum absolute atomic E-state index is 0.0924. The molecule has 1 N–H and O–H groups in total. The normalized spacial score (nSPS) is 17.4. The molecule has 2 saturated heterocycles. The van der Waals surface area contributed by atoms with Crippen LogP contribution >= 0.6 is 0 Å². The minimum atomic E-state index is -0.0924. The molecular formula is C20H30N4O3. The molecule has 7 nitrogen and oxygen atoms in total. The second kappa shape index (κ2) is 9.71. The fraction of sp³-hybridized carbons (Fsp3) is 0.600. The number of nitrogens with zero attached hydrogens (tertiary/aromatic N) is 3. The van der Waals surface area contributed by atoms with Gasteiger partial charge in [0.05, 0.1) is 26.3 Å². The molecule has 7 heteroatoms. The highest BCUT2D eigenvalue weighted by atomic mass is 16.5. The van der Waals surface area contributed by atoms with E-state index in [0.29, 0.717) is 13.1 Å². The molecule has 0 spiro atoms. The highest BCUT2D eigenvalue weighted by Crippen LogP contribution is 2.19. The summed E-state index contributed by atoms with van der Waals surface area (Å²) in [7, 11) is 0. The third-order valence-electron chi connectivity index (χ3n) is 5.16. The van der Waals surface area contributed by atoms with Gasteiger partial charge in [-0.3, -0.25) is 14.5 Å². The maximum atomic E-state index is 12.4. The maximum absolute atomic E-state index is 12.4. The van der Waals surface area contributed by atoms with Crippen molar-refractivity contribution < 1.29 is 14.3 Å². The Kier molecular flexibility index (Phi) is 7.06. The third kappa shape index (κ3) is 5.68. The van der Waals surface area contributed by atoms with Gasteiger partial charge in [0.1, 0.15) is 0 Å². The van der Waals surface area contributed by atoms with Crippen LogP contribution < -0.4 is 10.2 Å². The van der Waals surface area contributed by atoms with Crippen molar-refractivity contribution in [1.29, 1.82) is 0 Å². The van der Waals surface area contributed by atoms with E-state index in [2.05, 4.69) is 10.2 Å². The summed E-state index contributed by atoms with van der Waals surface area (Å²) in [4.78, 5) is 30.7. The van der Waals surface area contributed by atoms with Gasteiger partial charge in [0, 0.05) is 37.6 Å². The predicted octanol–water partition coefficient (Wildman–Crippen LogP) is 1.41. The van der Waals surface area contributed by atoms with E-state index >= 15 is 0 Å². The molecule has 0 radical (unpaired) electrons. The summed E-state index contributed by atoms with van der Waals surface area (Å²) in [5.74, 6) is 0.0298. The lowest BCUT2D eigenvalue weighted by molar-refractivity contribution is -0.131. The van der Waals surface area contributed by atoms with Gasteiger partial charge in [0.15, 0.2) is 0 Å². The molecule has 2 fully saturated rings. The predicted molar refractivity (Wildman–Crippen MR) is 106 cm³/mol. The van der Waals surface area contributed by atoms with Crippen molar-refractivity contribution in [2.45, 2.75) is 19.8 Å². The second-order valence-electron chi connectivity index (χ2n) is 7.09. The van der Waals surface area contributed by atoms with Crippen molar-refractivity contribution in [1.82, 2.24) is 9.80 Å². The Morgan fingerprint density at radius 1 is 1.04 bits per heavy atom. The third-order valence-corrected chi connectivity index (χ3v) is 5.16. The first kappa shape index (κ1) is 19.6. The Balaban J connectivity index is 1.47. The largest absolute Gasteiger partial charge is 0.378 e. The van der Waals surface area contributed by atoms with E-state index in [1.807, 2.05) is 41.0 Å². The summed E-state index contributed by atoms with van der Waals surface area (Å²) in [6.45, 7) is 8.15. The number of carbonyl (C=O) groups excluding carboxylic acids is 2. The number of nitrogens with one attached hydrogen (secondary N) is 1. The van der Waals surface area contributed by atoms with Crippen molar-refractivity contribution in [3.8, 4) is 0 Å². The van der Waals surface area contributed by atoms with Crippen LogP contribution in [-0.2, 0) is 14.3 Å². The van der Waals surface area contributed by atoms with Gasteiger partial charge in [-0.2, -0.15) is 0 Å². The molecule has 0 unspecified atom stereocenters. The lowest BCUT2D eigenvalue weighted by Gasteiger charge is -2.29. The average Bonchev–Trinajstić information content (AvgIpc) is 3.23. The number of carbonyl (C=O) groups is 2. The number of rotatable bonds is 7. The molecule has 2 heterocycles. The van der Waals surface area contributed by atoms with Gasteiger partial charge in [-0.15, -0.1) is 0 Å². The first-order valence-corrected chi connectivity index (χ1v) is 9.88. The van der Waals surface area contributed by atoms with Crippen molar-refractivity contribution in [3.05, 3.63) is 24.3 Å². The number of morpholine rings is 1. The molecule has 148 valence electrons. The minimum Gasteiger partial charge on any atom is -0.378 e. The van der Waals surface area contributed by atoms with Gasteiger partial charge in [0.2, 0.25) is 11.8 Å². The maximum Gasteiger partial charge on any atom is 0.238 e. The molecule has 1 aromatic carbocycles. The first-order chi connectivity index (χ1) is 13.2. The molecule has 0 saturated carbocycles. The molecule has 0 bridgehead atoms. The number of likely N-dealkylation sites (N-methyl/N-ethyl adjacent to an activating group) is 1. The summed E-state index contributed by atoms with van der Waals surface area (Å²) in [5.41, 5.74) is 1.92. The van der Waals surface area contributed by atoms with Crippen LogP contribution in [0.1, 0.15) is 19.8 Å². The van der Waals surface area contributed by atoms with Crippen molar-refractivity contribution in [2.75, 3.05) is 69.2 Å². The van der Waals surface area contributed by atoms with E-state index in [9.17, 15) is 9.59 Å². The molecule has 1 aromatic rings. The Morgan fingerprint density at radius 2 is 1.70 bits per heavy atom. The molecule has 0 aromatic heterocycles. The standard InChI is InChI=1S/C20H30N4O3/c1-2-22(16-20(26)24-9-3-4-10-24)15-19(25)21-17-5-7-18(8-6-17)23-11-13-27-14-12-23/h5-8H,2-4,9-16H2,1H3,(H,21,25). The zero-order chi connectivity index (χ0) is 19.1. The van der Waals surface area contributed by atoms with Crippen LogP contribution in [0, 0.1) is 0 Å². The molecule has 2 amide bonds. The first-order valence-electron chi connectivity index (χ1n) is 9.88. The summed E-state index contributed by atoms with van der Waals surface area (Å²) in [6.07, 6.45) is 2.16. The Hall–Kier alpha value is -2.12. The number of likely N-dealkylation sites (tertiary alicyclic amines) is 1. The van der Waals surface area contributed by atoms with Crippen molar-refractivity contribution in [2.24, 2.45) is 0 Å². The lowest BCUT2D eigenvalue weighted by Crippen LogP contribution is -2.42. The number of hydrogen-bond acceptors (Lipinski definition) is 5. The highest BCUT2D eigenvalue weighted by Gasteiger charge is 2.21. The van der Waals surface area contributed by atoms with Gasteiger partial charge in [0.25, 0.3) is 0 Å². The fourth-order valence-electron chi connectivity index (χ4n) is 3.52. The Morgan fingerprint density at radius 3 is 2.33 bits per heavy atom. The molecule has 0 aliphatic carbocycles. The van der Waals surface area contributed by atoms with Crippen LogP contribution in [-0.4, -0.2) is 80.6 Å². The van der Waals surface area contributed by atoms with Crippen LogP contribution in [0.15, 0.2) is 24.3 Å². The average molecular weight is 374 g/mol. The van der Waals surface area contributed by atoms with Crippen LogP contribution in [0.2, 0.25) is 0 Å². The van der Waals surface area contributed by atoms with Gasteiger partial charge >= 0.3 is 0 Å². The summed E-state index contributed by atoms with van der Waals surface area (Å²) < 4.78 is 5.37. The van der Waals surface area contributed by atoms with E-state index in [1.54, 1.807) is 0 Å². The zero-order valence-electron chi connectivity index (χ0n) is 16.2.